The molecule has 0 fully saturated rings. The third kappa shape index (κ3) is 8.34. The topological polar surface area (TPSA) is 13.1 Å². The Morgan fingerprint density at radius 2 is 1.19 bits per heavy atom. The number of furan rings is 1. The molecule has 0 radical (unpaired) electrons. The van der Waals surface area contributed by atoms with Crippen molar-refractivity contribution in [2.75, 3.05) is 0 Å². The van der Waals surface area contributed by atoms with Crippen molar-refractivity contribution >= 4 is 0 Å². The molecule has 1 aromatic heterocycles. The molecule has 0 bridgehead atoms. The van der Waals surface area contributed by atoms with E-state index in [0.717, 1.165) is 24.7 Å². The first-order chi connectivity index (χ1) is 10.2. The summed E-state index contributed by atoms with van der Waals surface area (Å²) in [4.78, 5) is 0. The Bertz CT molecular complexity index is 320. The Morgan fingerprint density at radius 3 is 1.57 bits per heavy atom. The molecule has 21 heavy (non-hydrogen) atoms. The largest absolute Gasteiger partial charge is 0.466 e. The summed E-state index contributed by atoms with van der Waals surface area (Å²) in [6.07, 6.45) is 12.8. The molecule has 0 N–H and O–H groups in total. The van der Waals surface area contributed by atoms with Gasteiger partial charge in [-0.2, -0.15) is 0 Å². The Hall–Kier alpha value is -0.720. The molecule has 0 spiro atoms. The molecule has 2 atom stereocenters. The lowest BCUT2D eigenvalue weighted by Crippen LogP contribution is -1.95. The zero-order valence-electron chi connectivity index (χ0n) is 14.8. The van der Waals surface area contributed by atoms with Gasteiger partial charge in [-0.1, -0.05) is 66.2 Å². The summed E-state index contributed by atoms with van der Waals surface area (Å²) in [6.45, 7) is 9.29. The van der Waals surface area contributed by atoms with Gasteiger partial charge in [0, 0.05) is 12.8 Å². The van der Waals surface area contributed by atoms with E-state index in [1.165, 1.54) is 62.9 Å². The average molecular weight is 293 g/mol. The Labute approximate surface area is 132 Å². The predicted molar refractivity (Wildman–Crippen MR) is 92.7 cm³/mol. The van der Waals surface area contributed by atoms with Crippen molar-refractivity contribution < 1.29 is 4.42 Å². The van der Waals surface area contributed by atoms with Crippen molar-refractivity contribution in [2.24, 2.45) is 11.8 Å². The molecule has 0 aliphatic rings. The lowest BCUT2D eigenvalue weighted by molar-refractivity contribution is 0.414. The highest BCUT2D eigenvalue weighted by molar-refractivity contribution is 5.07. The minimum Gasteiger partial charge on any atom is -0.466 e. The molecule has 0 saturated heterocycles. The minimum atomic E-state index is 0.865. The SMILES string of the molecule is CCCC(C)CCCc1ccc(CCCC(C)CCC)o1. The zero-order chi connectivity index (χ0) is 15.5. The highest BCUT2D eigenvalue weighted by Crippen LogP contribution is 2.19. The quantitative estimate of drug-likeness (QED) is 0.413. The van der Waals surface area contributed by atoms with E-state index in [-0.39, 0.29) is 0 Å². The first-order valence-corrected chi connectivity index (χ1v) is 9.23. The second-order valence-electron chi connectivity index (χ2n) is 6.94. The Balaban J connectivity index is 2.17. The molecule has 122 valence electrons. The van der Waals surface area contributed by atoms with E-state index in [2.05, 4.69) is 39.8 Å². The summed E-state index contributed by atoms with van der Waals surface area (Å²) in [5.41, 5.74) is 0. The van der Waals surface area contributed by atoms with Gasteiger partial charge in [0.2, 0.25) is 0 Å². The van der Waals surface area contributed by atoms with Gasteiger partial charge in [-0.15, -0.1) is 0 Å². The van der Waals surface area contributed by atoms with Crippen LogP contribution in [0, 0.1) is 11.8 Å². The van der Waals surface area contributed by atoms with E-state index in [1.807, 2.05) is 0 Å². The fraction of sp³-hybridized carbons (Fsp3) is 0.800. The second kappa shape index (κ2) is 10.9. The molecule has 2 unspecified atom stereocenters. The van der Waals surface area contributed by atoms with Gasteiger partial charge in [0.25, 0.3) is 0 Å². The maximum absolute atomic E-state index is 5.97. The van der Waals surface area contributed by atoms with Gasteiger partial charge in [-0.05, 0) is 36.8 Å². The van der Waals surface area contributed by atoms with Crippen LogP contribution in [0.25, 0.3) is 0 Å². The first kappa shape index (κ1) is 18.3. The maximum atomic E-state index is 5.97. The van der Waals surface area contributed by atoms with E-state index >= 15 is 0 Å². The third-order valence-corrected chi connectivity index (χ3v) is 4.52. The fourth-order valence-electron chi connectivity index (χ4n) is 3.21. The van der Waals surface area contributed by atoms with E-state index in [4.69, 9.17) is 4.42 Å². The number of hydrogen-bond acceptors (Lipinski definition) is 1. The van der Waals surface area contributed by atoms with Gasteiger partial charge in [-0.25, -0.2) is 0 Å². The van der Waals surface area contributed by atoms with Gasteiger partial charge in [-0.3, -0.25) is 0 Å². The van der Waals surface area contributed by atoms with Gasteiger partial charge < -0.3 is 4.42 Å². The molecule has 0 saturated carbocycles. The van der Waals surface area contributed by atoms with Gasteiger partial charge in [0.1, 0.15) is 11.5 Å². The van der Waals surface area contributed by atoms with E-state index in [0.29, 0.717) is 0 Å². The highest BCUT2D eigenvalue weighted by Gasteiger charge is 2.06. The van der Waals surface area contributed by atoms with Crippen molar-refractivity contribution in [3.05, 3.63) is 23.7 Å². The van der Waals surface area contributed by atoms with Crippen molar-refractivity contribution in [1.29, 1.82) is 0 Å². The summed E-state index contributed by atoms with van der Waals surface area (Å²) in [6, 6.07) is 4.38. The van der Waals surface area contributed by atoms with Crippen LogP contribution in [0.3, 0.4) is 0 Å². The van der Waals surface area contributed by atoms with Crippen molar-refractivity contribution in [1.82, 2.24) is 0 Å². The lowest BCUT2D eigenvalue weighted by Gasteiger charge is -2.08. The normalized spacial score (nSPS) is 14.3. The van der Waals surface area contributed by atoms with Crippen LogP contribution >= 0.6 is 0 Å². The summed E-state index contributed by atoms with van der Waals surface area (Å²) in [5, 5.41) is 0. The average Bonchev–Trinajstić information content (AvgIpc) is 2.87. The Kier molecular flexibility index (Phi) is 9.54. The van der Waals surface area contributed by atoms with Crippen LogP contribution in [0.4, 0.5) is 0 Å². The van der Waals surface area contributed by atoms with Gasteiger partial charge in [0.05, 0.1) is 0 Å². The standard InChI is InChI=1S/C20H36O/c1-5-9-17(3)11-7-13-19-15-16-20(21-19)14-8-12-18(4)10-6-2/h15-18H,5-14H2,1-4H3. The van der Waals surface area contributed by atoms with Crippen LogP contribution in [0.5, 0.6) is 0 Å². The van der Waals surface area contributed by atoms with E-state index in [9.17, 15) is 0 Å². The van der Waals surface area contributed by atoms with Crippen LogP contribution in [0.2, 0.25) is 0 Å². The number of rotatable bonds is 12. The summed E-state index contributed by atoms with van der Waals surface area (Å²) in [7, 11) is 0. The van der Waals surface area contributed by atoms with E-state index in [1.54, 1.807) is 0 Å². The highest BCUT2D eigenvalue weighted by atomic mass is 16.3. The summed E-state index contributed by atoms with van der Waals surface area (Å²) < 4.78 is 5.97. The molecule has 0 aromatic carbocycles. The number of aryl methyl sites for hydroxylation is 2. The molecule has 0 amide bonds. The molecular weight excluding hydrogens is 256 g/mol. The molecular formula is C20H36O. The molecule has 1 rings (SSSR count). The summed E-state index contributed by atoms with van der Waals surface area (Å²) in [5.74, 6) is 4.11. The maximum Gasteiger partial charge on any atom is 0.104 e. The van der Waals surface area contributed by atoms with Gasteiger partial charge in [0.15, 0.2) is 0 Å². The third-order valence-electron chi connectivity index (χ3n) is 4.52. The first-order valence-electron chi connectivity index (χ1n) is 9.23. The smallest absolute Gasteiger partial charge is 0.104 e. The van der Waals surface area contributed by atoms with Crippen molar-refractivity contribution in [2.45, 2.75) is 91.9 Å². The van der Waals surface area contributed by atoms with Crippen LogP contribution in [-0.2, 0) is 12.8 Å². The van der Waals surface area contributed by atoms with Gasteiger partial charge >= 0.3 is 0 Å². The molecule has 1 nitrogen and oxygen atoms in total. The zero-order valence-corrected chi connectivity index (χ0v) is 14.8. The summed E-state index contributed by atoms with van der Waals surface area (Å²) >= 11 is 0. The molecule has 0 aliphatic heterocycles. The fourth-order valence-corrected chi connectivity index (χ4v) is 3.21. The van der Waals surface area contributed by atoms with Crippen LogP contribution in [-0.4, -0.2) is 0 Å². The predicted octanol–water partition coefficient (Wildman–Crippen LogP) is 6.80. The lowest BCUT2D eigenvalue weighted by atomic mass is 9.99. The van der Waals surface area contributed by atoms with Crippen molar-refractivity contribution in [3.63, 3.8) is 0 Å². The Morgan fingerprint density at radius 1 is 0.762 bits per heavy atom. The molecule has 1 heterocycles. The van der Waals surface area contributed by atoms with Crippen LogP contribution < -0.4 is 0 Å². The molecule has 1 aromatic rings. The van der Waals surface area contributed by atoms with Crippen LogP contribution in [0.1, 0.15) is 90.6 Å². The molecule has 1 heteroatoms. The second-order valence-corrected chi connectivity index (χ2v) is 6.94. The van der Waals surface area contributed by atoms with E-state index < -0.39 is 0 Å². The van der Waals surface area contributed by atoms with Crippen LogP contribution in [0.15, 0.2) is 16.5 Å². The minimum absolute atomic E-state index is 0.865. The van der Waals surface area contributed by atoms with Crippen molar-refractivity contribution in [3.8, 4) is 0 Å². The monoisotopic (exact) mass is 292 g/mol. The molecule has 0 aliphatic carbocycles. The number of hydrogen-bond donors (Lipinski definition) is 0.